The number of aryl methyl sites for hydroxylation is 1. The van der Waals surface area contributed by atoms with Gasteiger partial charge in [0.25, 0.3) is 0 Å². The summed E-state index contributed by atoms with van der Waals surface area (Å²) in [5, 5.41) is 0. The van der Waals surface area contributed by atoms with E-state index in [4.69, 9.17) is 4.74 Å². The predicted molar refractivity (Wildman–Crippen MR) is 137 cm³/mol. The van der Waals surface area contributed by atoms with Crippen LogP contribution in [0.1, 0.15) is 51.5 Å². The van der Waals surface area contributed by atoms with Gasteiger partial charge in [-0.05, 0) is 92.7 Å². The molecular weight excluding hydrogens is 445 g/mol. The third kappa shape index (κ3) is 5.98. The number of hydrogen-bond donors (Lipinski definition) is 0. The molecule has 0 radical (unpaired) electrons. The molecule has 2 aliphatic rings. The molecule has 0 spiro atoms. The zero-order valence-corrected chi connectivity index (χ0v) is 20.5. The summed E-state index contributed by atoms with van der Waals surface area (Å²) < 4.78 is 49.3. The summed E-state index contributed by atoms with van der Waals surface area (Å²) in [6.07, 6.45) is 12.6. The molecule has 184 valence electrons. The molecule has 0 fully saturated rings. The Hall–Kier alpha value is -3.01. The van der Waals surface area contributed by atoms with Gasteiger partial charge in [0.1, 0.15) is 5.83 Å². The molecule has 0 saturated heterocycles. The molecule has 0 saturated carbocycles. The normalized spacial score (nSPS) is 20.7. The van der Waals surface area contributed by atoms with Crippen LogP contribution in [0.3, 0.4) is 0 Å². The Bertz CT molecular complexity index is 1150. The molecule has 4 heteroatoms. The van der Waals surface area contributed by atoms with Crippen molar-refractivity contribution in [1.29, 1.82) is 0 Å². The highest BCUT2D eigenvalue weighted by atomic mass is 19.2. The largest absolute Gasteiger partial charge is 0.491 e. The van der Waals surface area contributed by atoms with E-state index in [9.17, 15) is 13.2 Å². The standard InChI is InChI=1S/C31H33F3O/c1-3-5-21-8-13-24(14-9-21)27-18-16-25(30(33)31(27)34)15-10-22-6-11-23(12-7-22)26-17-19-29(35-4-2)28(32)20-26/h3,5-7,11-13,17-21,25H,4,8-10,14-16H2,1-2H3/b5-3+. The smallest absolute Gasteiger partial charge is 0.165 e. The summed E-state index contributed by atoms with van der Waals surface area (Å²) in [5.41, 5.74) is 4.12. The van der Waals surface area contributed by atoms with Crippen molar-refractivity contribution in [1.82, 2.24) is 0 Å². The van der Waals surface area contributed by atoms with Crippen LogP contribution in [-0.4, -0.2) is 6.61 Å². The van der Waals surface area contributed by atoms with Crippen LogP contribution in [0, 0.1) is 17.7 Å². The molecule has 1 nitrogen and oxygen atoms in total. The molecule has 2 unspecified atom stereocenters. The van der Waals surface area contributed by atoms with Gasteiger partial charge in [-0.25, -0.2) is 13.2 Å². The van der Waals surface area contributed by atoms with Crippen molar-refractivity contribution in [2.75, 3.05) is 6.61 Å². The summed E-state index contributed by atoms with van der Waals surface area (Å²) in [5.74, 6) is -1.36. The van der Waals surface area contributed by atoms with Crippen molar-refractivity contribution in [3.05, 3.63) is 101 Å². The van der Waals surface area contributed by atoms with E-state index in [2.05, 4.69) is 18.2 Å². The third-order valence-electron chi connectivity index (χ3n) is 6.97. The maximum absolute atomic E-state index is 14.9. The number of hydrogen-bond acceptors (Lipinski definition) is 1. The lowest BCUT2D eigenvalue weighted by molar-refractivity contribution is 0.321. The van der Waals surface area contributed by atoms with E-state index in [1.165, 1.54) is 6.07 Å². The van der Waals surface area contributed by atoms with E-state index < -0.39 is 17.6 Å². The summed E-state index contributed by atoms with van der Waals surface area (Å²) in [6.45, 7) is 4.25. The monoisotopic (exact) mass is 478 g/mol. The Morgan fingerprint density at radius 3 is 2.40 bits per heavy atom. The number of rotatable bonds is 8. The molecule has 2 atom stereocenters. The van der Waals surface area contributed by atoms with Gasteiger partial charge >= 0.3 is 0 Å². The first-order valence-corrected chi connectivity index (χ1v) is 12.6. The van der Waals surface area contributed by atoms with Crippen LogP contribution in [0.4, 0.5) is 13.2 Å². The molecule has 0 aliphatic heterocycles. The fourth-order valence-corrected chi connectivity index (χ4v) is 4.98. The van der Waals surface area contributed by atoms with E-state index in [1.807, 2.05) is 50.3 Å². The predicted octanol–water partition coefficient (Wildman–Crippen LogP) is 9.22. The Morgan fingerprint density at radius 2 is 1.74 bits per heavy atom. The van der Waals surface area contributed by atoms with Gasteiger partial charge in [0.05, 0.1) is 6.61 Å². The van der Waals surface area contributed by atoms with Gasteiger partial charge in [-0.1, -0.05) is 54.6 Å². The van der Waals surface area contributed by atoms with Gasteiger partial charge in [0.2, 0.25) is 0 Å². The molecular formula is C31H33F3O. The average molecular weight is 479 g/mol. The third-order valence-corrected chi connectivity index (χ3v) is 6.97. The highest BCUT2D eigenvalue weighted by Gasteiger charge is 2.28. The Balaban J connectivity index is 1.36. The Kier molecular flexibility index (Phi) is 8.33. The van der Waals surface area contributed by atoms with Crippen LogP contribution in [0.25, 0.3) is 11.1 Å². The minimum Gasteiger partial charge on any atom is -0.491 e. The molecule has 0 amide bonds. The van der Waals surface area contributed by atoms with Crippen LogP contribution >= 0.6 is 0 Å². The maximum atomic E-state index is 14.9. The average Bonchev–Trinajstić information content (AvgIpc) is 2.87. The van der Waals surface area contributed by atoms with Gasteiger partial charge in [-0.2, -0.15) is 0 Å². The van der Waals surface area contributed by atoms with Crippen molar-refractivity contribution in [3.63, 3.8) is 0 Å². The first-order valence-electron chi connectivity index (χ1n) is 12.6. The minimum atomic E-state index is -0.676. The number of halogens is 3. The first-order chi connectivity index (χ1) is 17.0. The highest BCUT2D eigenvalue weighted by Crippen LogP contribution is 2.40. The molecule has 35 heavy (non-hydrogen) atoms. The second-order valence-electron chi connectivity index (χ2n) is 9.32. The SMILES string of the molecule is C/C=C/C1CC=C(C2=CCC(CCc3ccc(-c4ccc(OCC)c(F)c4)cc3)C(F)=C2F)CC1. The van der Waals surface area contributed by atoms with Crippen LogP contribution in [-0.2, 0) is 6.42 Å². The lowest BCUT2D eigenvalue weighted by atomic mass is 9.82. The van der Waals surface area contributed by atoms with Gasteiger partial charge in [-0.3, -0.25) is 0 Å². The lowest BCUT2D eigenvalue weighted by Crippen LogP contribution is -2.12. The van der Waals surface area contributed by atoms with Crippen LogP contribution in [0.5, 0.6) is 5.75 Å². The molecule has 2 aromatic carbocycles. The van der Waals surface area contributed by atoms with E-state index in [0.29, 0.717) is 37.4 Å². The maximum Gasteiger partial charge on any atom is 0.165 e. The second kappa shape index (κ2) is 11.6. The quantitative estimate of drug-likeness (QED) is 0.344. The van der Waals surface area contributed by atoms with Crippen molar-refractivity contribution in [3.8, 4) is 16.9 Å². The van der Waals surface area contributed by atoms with E-state index in [1.54, 1.807) is 6.07 Å². The van der Waals surface area contributed by atoms with Crippen LogP contribution < -0.4 is 4.74 Å². The first kappa shape index (κ1) is 25.1. The van der Waals surface area contributed by atoms with Crippen LogP contribution in [0.15, 0.2) is 89.6 Å². The topological polar surface area (TPSA) is 9.23 Å². The fourth-order valence-electron chi connectivity index (χ4n) is 4.98. The molecule has 0 heterocycles. The van der Waals surface area contributed by atoms with Crippen molar-refractivity contribution in [2.45, 2.75) is 52.4 Å². The molecule has 0 aromatic heterocycles. The molecule has 4 rings (SSSR count). The van der Waals surface area contributed by atoms with E-state index in [-0.39, 0.29) is 11.6 Å². The summed E-state index contributed by atoms with van der Waals surface area (Å²) in [7, 11) is 0. The van der Waals surface area contributed by atoms with Crippen molar-refractivity contribution < 1.29 is 17.9 Å². The molecule has 0 bridgehead atoms. The number of allylic oxidation sites excluding steroid dienone is 8. The summed E-state index contributed by atoms with van der Waals surface area (Å²) in [4.78, 5) is 0. The second-order valence-corrected chi connectivity index (χ2v) is 9.32. The number of ether oxygens (including phenoxy) is 1. The van der Waals surface area contributed by atoms with Gasteiger partial charge in [0.15, 0.2) is 17.4 Å². The molecule has 2 aromatic rings. The Labute approximate surface area is 206 Å². The van der Waals surface area contributed by atoms with Gasteiger partial charge < -0.3 is 4.74 Å². The van der Waals surface area contributed by atoms with Crippen LogP contribution in [0.2, 0.25) is 0 Å². The Morgan fingerprint density at radius 1 is 0.971 bits per heavy atom. The van der Waals surface area contributed by atoms with Gasteiger partial charge in [0, 0.05) is 11.5 Å². The summed E-state index contributed by atoms with van der Waals surface area (Å²) >= 11 is 0. The fraction of sp³-hybridized carbons (Fsp3) is 0.355. The number of benzene rings is 2. The summed E-state index contributed by atoms with van der Waals surface area (Å²) in [6, 6.07) is 12.8. The molecule has 0 N–H and O–H groups in total. The zero-order chi connectivity index (χ0) is 24.8. The van der Waals surface area contributed by atoms with Crippen molar-refractivity contribution in [2.24, 2.45) is 11.8 Å². The van der Waals surface area contributed by atoms with E-state index >= 15 is 0 Å². The zero-order valence-electron chi connectivity index (χ0n) is 20.5. The highest BCUT2D eigenvalue weighted by molar-refractivity contribution is 5.64. The minimum absolute atomic E-state index is 0.248. The van der Waals surface area contributed by atoms with Gasteiger partial charge in [-0.15, -0.1) is 0 Å². The molecule has 2 aliphatic carbocycles. The van der Waals surface area contributed by atoms with Crippen molar-refractivity contribution >= 4 is 0 Å². The van der Waals surface area contributed by atoms with E-state index in [0.717, 1.165) is 41.5 Å². The lowest BCUT2D eigenvalue weighted by Gasteiger charge is -2.25.